The normalized spacial score (nSPS) is 11.9. The standard InChI is InChI=1S/C18H21NO3S/c1-12-10-16(23-13(12)2)18(22)19-15(8-9-17(20)21)11-14-6-4-3-5-7-14/h3-7,10,15H,8-9,11H2,1-2H3,(H,19,22)(H,20,21). The van der Waals surface area contributed by atoms with Gasteiger partial charge in [-0.25, -0.2) is 0 Å². The molecular formula is C18H21NO3S. The molecular weight excluding hydrogens is 310 g/mol. The highest BCUT2D eigenvalue weighted by Gasteiger charge is 2.17. The van der Waals surface area contributed by atoms with E-state index in [1.807, 2.05) is 50.2 Å². The molecule has 0 aliphatic carbocycles. The van der Waals surface area contributed by atoms with Crippen molar-refractivity contribution in [3.05, 3.63) is 57.3 Å². The Bertz CT molecular complexity index is 659. The SMILES string of the molecule is Cc1cc(C(=O)NC(CCC(=O)O)Cc2ccccc2)sc1C. The Labute approximate surface area is 140 Å². The molecule has 5 heteroatoms. The summed E-state index contributed by atoms with van der Waals surface area (Å²) in [6.45, 7) is 3.97. The lowest BCUT2D eigenvalue weighted by atomic mass is 10.0. The second-order valence-corrected chi connectivity index (χ2v) is 6.90. The average Bonchev–Trinajstić information content (AvgIpc) is 2.85. The minimum Gasteiger partial charge on any atom is -0.481 e. The summed E-state index contributed by atoms with van der Waals surface area (Å²) in [6, 6.07) is 11.5. The van der Waals surface area contributed by atoms with E-state index < -0.39 is 5.97 Å². The van der Waals surface area contributed by atoms with E-state index >= 15 is 0 Å². The number of nitrogens with one attached hydrogen (secondary N) is 1. The summed E-state index contributed by atoms with van der Waals surface area (Å²) in [4.78, 5) is 25.1. The first kappa shape index (κ1) is 17.2. The number of benzene rings is 1. The molecule has 0 spiro atoms. The number of aliphatic carboxylic acids is 1. The molecule has 0 aliphatic rings. The second-order valence-electron chi connectivity index (χ2n) is 5.64. The molecule has 0 aliphatic heterocycles. The molecule has 1 unspecified atom stereocenters. The Morgan fingerprint density at radius 2 is 1.91 bits per heavy atom. The molecule has 122 valence electrons. The molecule has 0 saturated heterocycles. The molecule has 4 nitrogen and oxygen atoms in total. The van der Waals surface area contributed by atoms with Crippen LogP contribution in [0.15, 0.2) is 36.4 Å². The van der Waals surface area contributed by atoms with Crippen LogP contribution in [0.25, 0.3) is 0 Å². The maximum atomic E-state index is 12.4. The van der Waals surface area contributed by atoms with Gasteiger partial charge in [-0.05, 0) is 43.9 Å². The van der Waals surface area contributed by atoms with Gasteiger partial charge in [0.25, 0.3) is 5.91 Å². The highest BCUT2D eigenvalue weighted by atomic mass is 32.1. The van der Waals surface area contributed by atoms with Crippen molar-refractivity contribution < 1.29 is 14.7 Å². The number of thiophene rings is 1. The molecule has 0 bridgehead atoms. The third-order valence-corrected chi connectivity index (χ3v) is 4.91. The summed E-state index contributed by atoms with van der Waals surface area (Å²) in [6.07, 6.45) is 1.09. The number of amides is 1. The summed E-state index contributed by atoms with van der Waals surface area (Å²) >= 11 is 1.47. The van der Waals surface area contributed by atoms with Gasteiger partial charge in [0.15, 0.2) is 0 Å². The van der Waals surface area contributed by atoms with E-state index in [9.17, 15) is 9.59 Å². The monoisotopic (exact) mass is 331 g/mol. The lowest BCUT2D eigenvalue weighted by Gasteiger charge is -2.18. The van der Waals surface area contributed by atoms with Gasteiger partial charge in [-0.15, -0.1) is 11.3 Å². The van der Waals surface area contributed by atoms with Crippen LogP contribution in [0.3, 0.4) is 0 Å². The number of aryl methyl sites for hydroxylation is 2. The molecule has 2 rings (SSSR count). The first-order valence-electron chi connectivity index (χ1n) is 7.59. The van der Waals surface area contributed by atoms with E-state index in [2.05, 4.69) is 5.32 Å². The first-order chi connectivity index (χ1) is 11.0. The third-order valence-electron chi connectivity index (χ3n) is 3.76. The molecule has 0 radical (unpaired) electrons. The lowest BCUT2D eigenvalue weighted by molar-refractivity contribution is -0.137. The topological polar surface area (TPSA) is 66.4 Å². The van der Waals surface area contributed by atoms with Crippen LogP contribution in [0.5, 0.6) is 0 Å². The van der Waals surface area contributed by atoms with Crippen molar-refractivity contribution in [3.8, 4) is 0 Å². The van der Waals surface area contributed by atoms with E-state index in [0.29, 0.717) is 17.7 Å². The number of carbonyl (C=O) groups is 2. The zero-order valence-corrected chi connectivity index (χ0v) is 14.2. The Hall–Kier alpha value is -2.14. The summed E-state index contributed by atoms with van der Waals surface area (Å²) < 4.78 is 0. The van der Waals surface area contributed by atoms with Crippen molar-refractivity contribution in [1.29, 1.82) is 0 Å². The van der Waals surface area contributed by atoms with Gasteiger partial charge in [0.2, 0.25) is 0 Å². The number of carboxylic acids is 1. The molecule has 0 saturated carbocycles. The van der Waals surface area contributed by atoms with E-state index in [0.717, 1.165) is 16.0 Å². The minimum absolute atomic E-state index is 0.0419. The van der Waals surface area contributed by atoms with E-state index in [4.69, 9.17) is 5.11 Å². The van der Waals surface area contributed by atoms with Crippen LogP contribution in [0.2, 0.25) is 0 Å². The molecule has 23 heavy (non-hydrogen) atoms. The molecule has 1 aromatic heterocycles. The van der Waals surface area contributed by atoms with Crippen LogP contribution in [-0.4, -0.2) is 23.0 Å². The zero-order chi connectivity index (χ0) is 16.8. The predicted molar refractivity (Wildman–Crippen MR) is 92.1 cm³/mol. The average molecular weight is 331 g/mol. The molecule has 1 atom stereocenters. The van der Waals surface area contributed by atoms with Crippen LogP contribution >= 0.6 is 11.3 Å². The van der Waals surface area contributed by atoms with Crippen molar-refractivity contribution in [2.45, 2.75) is 39.2 Å². The highest BCUT2D eigenvalue weighted by Crippen LogP contribution is 2.21. The molecule has 1 amide bonds. The van der Waals surface area contributed by atoms with Gasteiger partial charge in [0, 0.05) is 17.3 Å². The quantitative estimate of drug-likeness (QED) is 0.815. The molecule has 0 fully saturated rings. The van der Waals surface area contributed by atoms with E-state index in [-0.39, 0.29) is 18.4 Å². The fraction of sp³-hybridized carbons (Fsp3) is 0.333. The molecule has 2 N–H and O–H groups in total. The lowest BCUT2D eigenvalue weighted by Crippen LogP contribution is -2.36. The molecule has 2 aromatic rings. The Morgan fingerprint density at radius 3 is 2.48 bits per heavy atom. The van der Waals surface area contributed by atoms with Gasteiger partial charge >= 0.3 is 5.97 Å². The van der Waals surface area contributed by atoms with Gasteiger partial charge < -0.3 is 10.4 Å². The van der Waals surface area contributed by atoms with Gasteiger partial charge in [0.1, 0.15) is 0 Å². The highest BCUT2D eigenvalue weighted by molar-refractivity contribution is 7.14. The van der Waals surface area contributed by atoms with Crippen molar-refractivity contribution in [1.82, 2.24) is 5.32 Å². The van der Waals surface area contributed by atoms with E-state index in [1.54, 1.807) is 0 Å². The van der Waals surface area contributed by atoms with E-state index in [1.165, 1.54) is 11.3 Å². The van der Waals surface area contributed by atoms with Crippen molar-refractivity contribution in [2.75, 3.05) is 0 Å². The van der Waals surface area contributed by atoms with Crippen LogP contribution in [0, 0.1) is 13.8 Å². The van der Waals surface area contributed by atoms with Gasteiger partial charge in [-0.1, -0.05) is 30.3 Å². The summed E-state index contributed by atoms with van der Waals surface area (Å²) in [5.41, 5.74) is 2.19. The number of hydrogen-bond acceptors (Lipinski definition) is 3. The first-order valence-corrected chi connectivity index (χ1v) is 8.41. The maximum absolute atomic E-state index is 12.4. The van der Waals surface area contributed by atoms with Crippen LogP contribution in [-0.2, 0) is 11.2 Å². The smallest absolute Gasteiger partial charge is 0.303 e. The van der Waals surface area contributed by atoms with Crippen molar-refractivity contribution in [2.24, 2.45) is 0 Å². The predicted octanol–water partition coefficient (Wildman–Crippen LogP) is 3.57. The number of carboxylic acid groups (broad SMARTS) is 1. The van der Waals surface area contributed by atoms with Gasteiger partial charge in [-0.2, -0.15) is 0 Å². The van der Waals surface area contributed by atoms with Crippen LogP contribution < -0.4 is 5.32 Å². The van der Waals surface area contributed by atoms with Crippen LogP contribution in [0.4, 0.5) is 0 Å². The number of rotatable bonds is 7. The van der Waals surface area contributed by atoms with Crippen molar-refractivity contribution >= 4 is 23.2 Å². The largest absolute Gasteiger partial charge is 0.481 e. The molecule has 1 heterocycles. The Kier molecular flexibility index (Phi) is 5.93. The third kappa shape index (κ3) is 5.21. The number of hydrogen-bond donors (Lipinski definition) is 2. The summed E-state index contributed by atoms with van der Waals surface area (Å²) in [5.74, 6) is -0.974. The Balaban J connectivity index is 2.06. The van der Waals surface area contributed by atoms with Crippen LogP contribution in [0.1, 0.15) is 38.5 Å². The second kappa shape index (κ2) is 7.92. The number of carbonyl (C=O) groups excluding carboxylic acids is 1. The van der Waals surface area contributed by atoms with Gasteiger partial charge in [0.05, 0.1) is 4.88 Å². The Morgan fingerprint density at radius 1 is 1.22 bits per heavy atom. The zero-order valence-electron chi connectivity index (χ0n) is 13.3. The summed E-state index contributed by atoms with van der Waals surface area (Å²) in [7, 11) is 0. The fourth-order valence-electron chi connectivity index (χ4n) is 2.36. The van der Waals surface area contributed by atoms with Gasteiger partial charge in [-0.3, -0.25) is 9.59 Å². The minimum atomic E-state index is -0.847. The fourth-order valence-corrected chi connectivity index (χ4v) is 3.30. The molecule has 1 aromatic carbocycles. The van der Waals surface area contributed by atoms with Crippen molar-refractivity contribution in [3.63, 3.8) is 0 Å². The summed E-state index contributed by atoms with van der Waals surface area (Å²) in [5, 5.41) is 11.9. The maximum Gasteiger partial charge on any atom is 0.303 e.